The van der Waals surface area contributed by atoms with Crippen molar-refractivity contribution in [3.05, 3.63) is 23.8 Å². The number of carbonyl (C=O) groups excluding carboxylic acids is 2. The first kappa shape index (κ1) is 19.6. The standard InChI is InChI=1S/C17H24N4O5S/c1-2-18-17(23)19-16(22)12-20-6-5-13-11-14(3-4-15(13)20)27(24,25)21-7-9-26-10-8-21/h3-4,11H,2,5-10,12H2,1H3,(H2,18,19,22,23). The van der Waals surface area contributed by atoms with Gasteiger partial charge >= 0.3 is 6.03 Å². The third-order valence-electron chi connectivity index (χ3n) is 4.58. The molecule has 2 aliphatic rings. The summed E-state index contributed by atoms with van der Waals surface area (Å²) in [5.74, 6) is -0.404. The lowest BCUT2D eigenvalue weighted by atomic mass is 10.2. The molecular formula is C17H24N4O5S. The maximum atomic E-state index is 12.8. The Morgan fingerprint density at radius 3 is 2.63 bits per heavy atom. The first-order valence-electron chi connectivity index (χ1n) is 8.95. The minimum Gasteiger partial charge on any atom is -0.379 e. The number of ether oxygens (including phenoxy) is 1. The molecule has 3 rings (SSSR count). The summed E-state index contributed by atoms with van der Waals surface area (Å²) in [6, 6.07) is 4.47. The van der Waals surface area contributed by atoms with Crippen molar-refractivity contribution in [1.29, 1.82) is 0 Å². The van der Waals surface area contributed by atoms with Gasteiger partial charge in [0.2, 0.25) is 15.9 Å². The lowest BCUT2D eigenvalue weighted by Crippen LogP contribution is -2.44. The summed E-state index contributed by atoms with van der Waals surface area (Å²) in [6.07, 6.45) is 0.649. The maximum Gasteiger partial charge on any atom is 0.321 e. The van der Waals surface area contributed by atoms with Crippen molar-refractivity contribution < 1.29 is 22.7 Å². The van der Waals surface area contributed by atoms with E-state index in [0.717, 1.165) is 11.3 Å². The van der Waals surface area contributed by atoms with E-state index >= 15 is 0 Å². The Balaban J connectivity index is 1.70. The van der Waals surface area contributed by atoms with E-state index < -0.39 is 22.0 Å². The monoisotopic (exact) mass is 396 g/mol. The van der Waals surface area contributed by atoms with Gasteiger partial charge in [-0.1, -0.05) is 0 Å². The molecule has 0 saturated carbocycles. The van der Waals surface area contributed by atoms with Crippen molar-refractivity contribution in [2.75, 3.05) is 50.8 Å². The number of nitrogens with one attached hydrogen (secondary N) is 2. The van der Waals surface area contributed by atoms with Crippen LogP contribution in [0.4, 0.5) is 10.5 Å². The lowest BCUT2D eigenvalue weighted by Gasteiger charge is -2.26. The second kappa shape index (κ2) is 8.24. The van der Waals surface area contributed by atoms with Gasteiger partial charge in [0.15, 0.2) is 0 Å². The Labute approximate surface area is 158 Å². The van der Waals surface area contributed by atoms with Crippen LogP contribution in [0.15, 0.2) is 23.1 Å². The van der Waals surface area contributed by atoms with Gasteiger partial charge in [0.05, 0.1) is 24.7 Å². The number of hydrogen-bond donors (Lipinski definition) is 2. The quantitative estimate of drug-likeness (QED) is 0.721. The Kier molecular flexibility index (Phi) is 5.98. The van der Waals surface area contributed by atoms with Crippen LogP contribution in [-0.4, -0.2) is 70.6 Å². The molecule has 0 aliphatic carbocycles. The molecule has 1 saturated heterocycles. The van der Waals surface area contributed by atoms with E-state index in [2.05, 4.69) is 10.6 Å². The third kappa shape index (κ3) is 4.40. The summed E-state index contributed by atoms with van der Waals surface area (Å²) < 4.78 is 32.2. The predicted octanol–water partition coefficient (Wildman–Crippen LogP) is -0.0843. The average Bonchev–Trinajstić information content (AvgIpc) is 3.04. The number of carbonyl (C=O) groups is 2. The predicted molar refractivity (Wildman–Crippen MR) is 99.2 cm³/mol. The zero-order chi connectivity index (χ0) is 19.4. The summed E-state index contributed by atoms with van der Waals surface area (Å²) in [5.41, 5.74) is 1.71. The molecule has 2 N–H and O–H groups in total. The minimum atomic E-state index is -3.54. The molecule has 1 fully saturated rings. The molecule has 0 unspecified atom stereocenters. The van der Waals surface area contributed by atoms with Crippen LogP contribution in [0.25, 0.3) is 0 Å². The SMILES string of the molecule is CCNC(=O)NC(=O)CN1CCc2cc(S(=O)(=O)N3CCOCC3)ccc21. The van der Waals surface area contributed by atoms with E-state index in [0.29, 0.717) is 45.8 Å². The fourth-order valence-corrected chi connectivity index (χ4v) is 4.71. The van der Waals surface area contributed by atoms with Crippen LogP contribution in [0.3, 0.4) is 0 Å². The Morgan fingerprint density at radius 2 is 1.93 bits per heavy atom. The molecule has 27 heavy (non-hydrogen) atoms. The summed E-state index contributed by atoms with van der Waals surface area (Å²) in [5, 5.41) is 4.78. The van der Waals surface area contributed by atoms with Crippen molar-refractivity contribution >= 4 is 27.6 Å². The highest BCUT2D eigenvalue weighted by Gasteiger charge is 2.29. The molecule has 9 nitrogen and oxygen atoms in total. The van der Waals surface area contributed by atoms with Crippen LogP contribution >= 0.6 is 0 Å². The fraction of sp³-hybridized carbons (Fsp3) is 0.529. The minimum absolute atomic E-state index is 0.0414. The lowest BCUT2D eigenvalue weighted by molar-refractivity contribution is -0.118. The molecule has 1 aromatic rings. The van der Waals surface area contributed by atoms with Gasteiger partial charge in [0, 0.05) is 31.9 Å². The molecule has 0 radical (unpaired) electrons. The molecule has 1 aromatic carbocycles. The van der Waals surface area contributed by atoms with Crippen LogP contribution in [-0.2, 0) is 26.0 Å². The maximum absolute atomic E-state index is 12.8. The Morgan fingerprint density at radius 1 is 1.19 bits per heavy atom. The van der Waals surface area contributed by atoms with Gasteiger partial charge in [-0.3, -0.25) is 10.1 Å². The average molecular weight is 396 g/mol. The van der Waals surface area contributed by atoms with Crippen molar-refractivity contribution in [1.82, 2.24) is 14.9 Å². The van der Waals surface area contributed by atoms with E-state index in [1.165, 1.54) is 4.31 Å². The number of benzene rings is 1. The van der Waals surface area contributed by atoms with E-state index in [1.807, 2.05) is 4.90 Å². The number of rotatable bonds is 5. The molecule has 148 valence electrons. The van der Waals surface area contributed by atoms with Gasteiger partial charge < -0.3 is 15.0 Å². The van der Waals surface area contributed by atoms with E-state index in [4.69, 9.17) is 4.74 Å². The number of imide groups is 1. The summed E-state index contributed by atoms with van der Waals surface area (Å²) in [6.45, 7) is 4.35. The van der Waals surface area contributed by atoms with Gasteiger partial charge in [-0.2, -0.15) is 4.31 Å². The molecule has 0 aromatic heterocycles. The molecule has 3 amide bonds. The molecular weight excluding hydrogens is 372 g/mol. The second-order valence-electron chi connectivity index (χ2n) is 6.39. The number of amides is 3. The van der Waals surface area contributed by atoms with Crippen LogP contribution in [0.5, 0.6) is 0 Å². The van der Waals surface area contributed by atoms with Gasteiger partial charge in [-0.15, -0.1) is 0 Å². The van der Waals surface area contributed by atoms with E-state index in [1.54, 1.807) is 25.1 Å². The molecule has 2 aliphatic heterocycles. The first-order chi connectivity index (χ1) is 12.9. The Bertz CT molecular complexity index is 821. The number of anilines is 1. The molecule has 0 bridgehead atoms. The molecule has 2 heterocycles. The molecule has 0 atom stereocenters. The normalized spacial score (nSPS) is 17.4. The van der Waals surface area contributed by atoms with Crippen molar-refractivity contribution in [3.63, 3.8) is 0 Å². The van der Waals surface area contributed by atoms with Crippen LogP contribution in [0.1, 0.15) is 12.5 Å². The zero-order valence-corrected chi connectivity index (χ0v) is 16.0. The van der Waals surface area contributed by atoms with Crippen LogP contribution < -0.4 is 15.5 Å². The van der Waals surface area contributed by atoms with Gasteiger partial charge in [-0.25, -0.2) is 13.2 Å². The second-order valence-corrected chi connectivity index (χ2v) is 8.32. The smallest absolute Gasteiger partial charge is 0.321 e. The Hall–Kier alpha value is -2.17. The molecule has 0 spiro atoms. The number of hydrogen-bond acceptors (Lipinski definition) is 6. The number of urea groups is 1. The molecule has 10 heteroatoms. The van der Waals surface area contributed by atoms with Crippen LogP contribution in [0, 0.1) is 0 Å². The number of morpholine rings is 1. The van der Waals surface area contributed by atoms with Crippen LogP contribution in [0.2, 0.25) is 0 Å². The highest BCUT2D eigenvalue weighted by Crippen LogP contribution is 2.31. The first-order valence-corrected chi connectivity index (χ1v) is 10.4. The zero-order valence-electron chi connectivity index (χ0n) is 15.2. The van der Waals surface area contributed by atoms with Gasteiger partial charge in [0.25, 0.3) is 0 Å². The number of sulfonamides is 1. The summed E-state index contributed by atoms with van der Waals surface area (Å²) in [4.78, 5) is 25.5. The van der Waals surface area contributed by atoms with Crippen molar-refractivity contribution in [2.45, 2.75) is 18.2 Å². The van der Waals surface area contributed by atoms with Crippen molar-refractivity contribution in [2.24, 2.45) is 0 Å². The topological polar surface area (TPSA) is 108 Å². The number of nitrogens with zero attached hydrogens (tertiary/aromatic N) is 2. The van der Waals surface area contributed by atoms with Gasteiger partial charge in [0.1, 0.15) is 0 Å². The summed E-state index contributed by atoms with van der Waals surface area (Å²) >= 11 is 0. The third-order valence-corrected chi connectivity index (χ3v) is 6.47. The van der Waals surface area contributed by atoms with E-state index in [-0.39, 0.29) is 11.4 Å². The number of fused-ring (bicyclic) bond motifs is 1. The highest BCUT2D eigenvalue weighted by atomic mass is 32.2. The van der Waals surface area contributed by atoms with Gasteiger partial charge in [-0.05, 0) is 37.1 Å². The van der Waals surface area contributed by atoms with E-state index in [9.17, 15) is 18.0 Å². The highest BCUT2D eigenvalue weighted by molar-refractivity contribution is 7.89. The summed E-state index contributed by atoms with van der Waals surface area (Å²) in [7, 11) is -3.54. The largest absolute Gasteiger partial charge is 0.379 e. The van der Waals surface area contributed by atoms with Crippen molar-refractivity contribution in [3.8, 4) is 0 Å². The fourth-order valence-electron chi connectivity index (χ4n) is 3.25.